The van der Waals surface area contributed by atoms with Gasteiger partial charge in [-0.15, -0.1) is 0 Å². The number of amides is 1. The number of anilines is 1. The van der Waals surface area contributed by atoms with Crippen LogP contribution in [0.4, 0.5) is 10.5 Å². The van der Waals surface area contributed by atoms with Crippen LogP contribution in [0.5, 0.6) is 5.75 Å². The Kier molecular flexibility index (Phi) is 6.77. The van der Waals surface area contributed by atoms with E-state index in [1.165, 1.54) is 11.6 Å². The van der Waals surface area contributed by atoms with E-state index in [9.17, 15) is 9.59 Å². The number of ether oxygens (including phenoxy) is 2. The highest BCUT2D eigenvalue weighted by atomic mass is 35.5. The number of hydrogen-bond donors (Lipinski definition) is 1. The topological polar surface area (TPSA) is 81.9 Å². The molecule has 2 unspecified atom stereocenters. The Labute approximate surface area is 175 Å². The van der Waals surface area contributed by atoms with E-state index >= 15 is 0 Å². The Morgan fingerprint density at radius 3 is 2.76 bits per heavy atom. The smallest absolute Gasteiger partial charge is 0.434 e. The molecule has 0 spiro atoms. The highest BCUT2D eigenvalue weighted by Gasteiger charge is 2.27. The zero-order valence-electron chi connectivity index (χ0n) is 16.6. The van der Waals surface area contributed by atoms with Crippen molar-refractivity contribution in [1.82, 2.24) is 0 Å². The van der Waals surface area contributed by atoms with E-state index in [1.54, 1.807) is 19.1 Å². The fraction of sp³-hybridized carbons (Fsp3) is 0.364. The van der Waals surface area contributed by atoms with Gasteiger partial charge in [-0.05, 0) is 48.6 Å². The lowest BCUT2D eigenvalue weighted by Crippen LogP contribution is -2.40. The van der Waals surface area contributed by atoms with Gasteiger partial charge in [0.1, 0.15) is 5.75 Å². The second kappa shape index (κ2) is 9.29. The van der Waals surface area contributed by atoms with Crippen molar-refractivity contribution in [3.05, 3.63) is 58.6 Å². The first-order valence-electron chi connectivity index (χ1n) is 9.67. The zero-order chi connectivity index (χ0) is 21.0. The maximum absolute atomic E-state index is 13.0. The summed E-state index contributed by atoms with van der Waals surface area (Å²) >= 11 is 6.32. The Morgan fingerprint density at radius 1 is 1.28 bits per heavy atom. The lowest BCUT2D eigenvalue weighted by Gasteiger charge is -2.34. The average molecular weight is 417 g/mol. The molecule has 2 N–H and O–H groups in total. The average Bonchev–Trinajstić information content (AvgIpc) is 2.67. The number of hydrogen-bond acceptors (Lipinski definition) is 5. The Bertz CT molecular complexity index is 902. The van der Waals surface area contributed by atoms with Crippen molar-refractivity contribution in [3.8, 4) is 5.75 Å². The van der Waals surface area contributed by atoms with Gasteiger partial charge in [-0.3, -0.25) is 4.79 Å². The molecule has 7 heteroatoms. The molecule has 6 nitrogen and oxygen atoms in total. The second-order valence-electron chi connectivity index (χ2n) is 7.22. The monoisotopic (exact) mass is 416 g/mol. The molecule has 154 valence electrons. The number of carbonyl (C=O) groups excluding carboxylic acids is 2. The summed E-state index contributed by atoms with van der Waals surface area (Å²) in [6.45, 7) is 4.71. The summed E-state index contributed by atoms with van der Waals surface area (Å²) in [4.78, 5) is 26.2. The van der Waals surface area contributed by atoms with Gasteiger partial charge >= 0.3 is 6.16 Å². The molecule has 29 heavy (non-hydrogen) atoms. The van der Waals surface area contributed by atoms with Gasteiger partial charge in [-0.2, -0.15) is 0 Å². The van der Waals surface area contributed by atoms with Crippen molar-refractivity contribution in [1.29, 1.82) is 0 Å². The standard InChI is InChI=1S/C22H25ClN2O4/c1-3-28-22(27)29-16-8-9-17(18(23)11-16)19(24)12-21(26)25-13-14(2)10-15-6-4-5-7-20(15)25/h4-9,11,14,19H,3,10,12-13,24H2,1-2H3. The van der Waals surface area contributed by atoms with Crippen molar-refractivity contribution >= 4 is 29.4 Å². The van der Waals surface area contributed by atoms with Crippen molar-refractivity contribution in [3.63, 3.8) is 0 Å². The normalized spacial score (nSPS) is 16.7. The maximum atomic E-state index is 13.0. The van der Waals surface area contributed by atoms with E-state index in [1.807, 2.05) is 23.1 Å². The molecule has 1 amide bonds. The van der Waals surface area contributed by atoms with Gasteiger partial charge in [0.05, 0.1) is 6.61 Å². The van der Waals surface area contributed by atoms with Crippen molar-refractivity contribution in [2.45, 2.75) is 32.7 Å². The molecule has 0 bridgehead atoms. The molecule has 0 saturated carbocycles. The lowest BCUT2D eigenvalue weighted by atomic mass is 9.93. The van der Waals surface area contributed by atoms with Gasteiger partial charge in [0.25, 0.3) is 0 Å². The Morgan fingerprint density at radius 2 is 2.03 bits per heavy atom. The maximum Gasteiger partial charge on any atom is 0.513 e. The van der Waals surface area contributed by atoms with E-state index in [-0.39, 0.29) is 24.7 Å². The predicted molar refractivity (Wildman–Crippen MR) is 112 cm³/mol. The summed E-state index contributed by atoms with van der Waals surface area (Å²) in [5.74, 6) is 0.599. The molecule has 2 aromatic carbocycles. The van der Waals surface area contributed by atoms with Gasteiger partial charge in [0.2, 0.25) is 5.91 Å². The summed E-state index contributed by atoms with van der Waals surface area (Å²) in [5, 5.41) is 0.333. The molecular weight excluding hydrogens is 392 g/mol. The van der Waals surface area contributed by atoms with Gasteiger partial charge in [-0.25, -0.2) is 4.79 Å². The van der Waals surface area contributed by atoms with Gasteiger partial charge in [-0.1, -0.05) is 42.8 Å². The molecule has 2 aromatic rings. The molecule has 0 aliphatic carbocycles. The van der Waals surface area contributed by atoms with E-state index in [0.29, 0.717) is 23.0 Å². The van der Waals surface area contributed by atoms with Gasteiger partial charge in [0, 0.05) is 29.7 Å². The summed E-state index contributed by atoms with van der Waals surface area (Å²) in [5.41, 5.74) is 9.04. The van der Waals surface area contributed by atoms with Crippen LogP contribution in [-0.2, 0) is 16.0 Å². The third-order valence-electron chi connectivity index (χ3n) is 4.88. The van der Waals surface area contributed by atoms with Crippen LogP contribution in [0.25, 0.3) is 0 Å². The van der Waals surface area contributed by atoms with E-state index in [0.717, 1.165) is 12.1 Å². The van der Waals surface area contributed by atoms with E-state index in [2.05, 4.69) is 13.0 Å². The molecular formula is C22H25ClN2O4. The van der Waals surface area contributed by atoms with Crippen molar-refractivity contribution in [2.75, 3.05) is 18.1 Å². The number of fused-ring (bicyclic) bond motifs is 1. The molecule has 0 saturated heterocycles. The van der Waals surface area contributed by atoms with Gasteiger partial charge in [0.15, 0.2) is 0 Å². The van der Waals surface area contributed by atoms with Crippen LogP contribution in [0.2, 0.25) is 5.02 Å². The van der Waals surface area contributed by atoms with Crippen LogP contribution in [0.15, 0.2) is 42.5 Å². The minimum absolute atomic E-state index is 0.0422. The molecule has 0 fully saturated rings. The van der Waals surface area contributed by atoms with Crippen LogP contribution in [0.3, 0.4) is 0 Å². The van der Waals surface area contributed by atoms with Crippen LogP contribution < -0.4 is 15.4 Å². The van der Waals surface area contributed by atoms with Crippen LogP contribution in [-0.4, -0.2) is 25.2 Å². The quantitative estimate of drug-likeness (QED) is 0.573. The molecule has 3 rings (SSSR count). The van der Waals surface area contributed by atoms with Crippen molar-refractivity contribution < 1.29 is 19.1 Å². The highest BCUT2D eigenvalue weighted by molar-refractivity contribution is 6.31. The number of rotatable bonds is 5. The molecule has 0 radical (unpaired) electrons. The minimum atomic E-state index is -0.798. The second-order valence-corrected chi connectivity index (χ2v) is 7.63. The summed E-state index contributed by atoms with van der Waals surface area (Å²) in [6.07, 6.45) is 0.284. The number of carbonyl (C=O) groups is 2. The Hall–Kier alpha value is -2.57. The first-order chi connectivity index (χ1) is 13.9. The number of para-hydroxylation sites is 1. The fourth-order valence-corrected chi connectivity index (χ4v) is 3.87. The molecule has 1 heterocycles. The summed E-state index contributed by atoms with van der Waals surface area (Å²) in [6, 6.07) is 12.1. The number of nitrogens with zero attached hydrogens (tertiary/aromatic N) is 1. The largest absolute Gasteiger partial charge is 0.513 e. The third-order valence-corrected chi connectivity index (χ3v) is 5.20. The summed E-state index contributed by atoms with van der Waals surface area (Å²) in [7, 11) is 0. The molecule has 1 aliphatic rings. The van der Waals surface area contributed by atoms with Crippen LogP contribution >= 0.6 is 11.6 Å². The zero-order valence-corrected chi connectivity index (χ0v) is 17.3. The minimum Gasteiger partial charge on any atom is -0.434 e. The Balaban J connectivity index is 1.71. The fourth-order valence-electron chi connectivity index (χ4n) is 3.56. The number of halogens is 1. The predicted octanol–water partition coefficient (Wildman–Crippen LogP) is 4.49. The lowest BCUT2D eigenvalue weighted by molar-refractivity contribution is -0.119. The molecule has 2 atom stereocenters. The first-order valence-corrected chi connectivity index (χ1v) is 10.0. The third kappa shape index (κ3) is 5.08. The van der Waals surface area contributed by atoms with E-state index < -0.39 is 12.2 Å². The number of nitrogens with two attached hydrogens (primary N) is 1. The summed E-state index contributed by atoms with van der Waals surface area (Å²) < 4.78 is 9.78. The van der Waals surface area contributed by atoms with Crippen molar-refractivity contribution in [2.24, 2.45) is 11.7 Å². The van der Waals surface area contributed by atoms with E-state index in [4.69, 9.17) is 26.8 Å². The van der Waals surface area contributed by atoms with Crippen LogP contribution in [0, 0.1) is 5.92 Å². The number of benzene rings is 2. The van der Waals surface area contributed by atoms with Gasteiger partial charge < -0.3 is 20.1 Å². The highest BCUT2D eigenvalue weighted by Crippen LogP contribution is 2.32. The molecule has 0 aromatic heterocycles. The molecule has 1 aliphatic heterocycles. The SMILES string of the molecule is CCOC(=O)Oc1ccc(C(N)CC(=O)N2CC(C)Cc3ccccc32)c(Cl)c1. The van der Waals surface area contributed by atoms with Crippen LogP contribution in [0.1, 0.15) is 37.4 Å². The first kappa shape index (κ1) is 21.1.